The lowest BCUT2D eigenvalue weighted by Gasteiger charge is -2.22. The van der Waals surface area contributed by atoms with Crippen LogP contribution in [0, 0.1) is 11.8 Å². The van der Waals surface area contributed by atoms with Gasteiger partial charge in [0.05, 0.1) is 13.0 Å². The average Bonchev–Trinajstić information content (AvgIpc) is 3.18. The number of carbonyl (C=O) groups is 3. The number of unbranched alkanes of at least 4 members (excludes halogenated alkanes) is 4. The quantitative estimate of drug-likeness (QED) is 0.371. The number of ether oxygens (including phenoxy) is 1. The second kappa shape index (κ2) is 9.59. The molecular weight excluding hydrogens is 320 g/mol. The molecule has 6 heteroatoms. The number of nitrogens with two attached hydrogens (primary N) is 1. The zero-order valence-corrected chi connectivity index (χ0v) is 15.1. The highest BCUT2D eigenvalue weighted by atomic mass is 16.5. The van der Waals surface area contributed by atoms with Crippen molar-refractivity contribution in [2.24, 2.45) is 17.6 Å². The van der Waals surface area contributed by atoms with E-state index in [1.165, 1.54) is 7.11 Å². The molecule has 2 rings (SSSR count). The summed E-state index contributed by atoms with van der Waals surface area (Å²) < 4.78 is 4.72. The van der Waals surface area contributed by atoms with Gasteiger partial charge < -0.3 is 15.4 Å². The molecule has 1 saturated heterocycles. The molecular formula is C19H30N2O4. The Balaban J connectivity index is 1.49. The predicted molar refractivity (Wildman–Crippen MR) is 94.4 cm³/mol. The minimum atomic E-state index is -0.395. The number of rotatable bonds is 10. The molecule has 1 heterocycles. The van der Waals surface area contributed by atoms with Crippen molar-refractivity contribution in [1.29, 1.82) is 0 Å². The highest BCUT2D eigenvalue weighted by Crippen LogP contribution is 2.40. The van der Waals surface area contributed by atoms with Gasteiger partial charge in [-0.2, -0.15) is 0 Å². The SMILES string of the molecule is COC(=O)C1CC1/C=C\CCCCCCC(=O)N1CCCC1C(N)=O. The highest BCUT2D eigenvalue weighted by molar-refractivity contribution is 5.87. The van der Waals surface area contributed by atoms with E-state index < -0.39 is 6.04 Å². The van der Waals surface area contributed by atoms with Crippen LogP contribution in [-0.2, 0) is 19.1 Å². The Morgan fingerprint density at radius 1 is 1.20 bits per heavy atom. The Bertz CT molecular complexity index is 518. The minimum Gasteiger partial charge on any atom is -0.469 e. The summed E-state index contributed by atoms with van der Waals surface area (Å²) in [5.41, 5.74) is 5.34. The zero-order chi connectivity index (χ0) is 18.2. The number of primary amides is 1. The van der Waals surface area contributed by atoms with Gasteiger partial charge in [0.1, 0.15) is 6.04 Å². The van der Waals surface area contributed by atoms with E-state index in [0.29, 0.717) is 25.3 Å². The normalized spacial score (nSPS) is 25.3. The Hall–Kier alpha value is -1.85. The van der Waals surface area contributed by atoms with E-state index in [2.05, 4.69) is 12.2 Å². The number of amides is 2. The summed E-state index contributed by atoms with van der Waals surface area (Å²) in [6.07, 6.45) is 12.3. The molecule has 140 valence electrons. The number of nitrogens with zero attached hydrogens (tertiary/aromatic N) is 1. The third-order valence-corrected chi connectivity index (χ3v) is 5.14. The predicted octanol–water partition coefficient (Wildman–Crippen LogP) is 2.17. The molecule has 0 aromatic rings. The largest absolute Gasteiger partial charge is 0.469 e. The number of hydrogen-bond donors (Lipinski definition) is 1. The van der Waals surface area contributed by atoms with Gasteiger partial charge in [-0.1, -0.05) is 25.0 Å². The van der Waals surface area contributed by atoms with E-state index in [4.69, 9.17) is 10.5 Å². The van der Waals surface area contributed by atoms with Crippen molar-refractivity contribution in [1.82, 2.24) is 4.90 Å². The van der Waals surface area contributed by atoms with Gasteiger partial charge in [-0.15, -0.1) is 0 Å². The van der Waals surface area contributed by atoms with Crippen LogP contribution in [-0.4, -0.2) is 42.4 Å². The van der Waals surface area contributed by atoms with Gasteiger partial charge >= 0.3 is 5.97 Å². The first-order chi connectivity index (χ1) is 12.0. The van der Waals surface area contributed by atoms with Crippen molar-refractivity contribution in [2.45, 2.75) is 63.8 Å². The van der Waals surface area contributed by atoms with E-state index in [-0.39, 0.29) is 23.7 Å². The third-order valence-electron chi connectivity index (χ3n) is 5.14. The van der Waals surface area contributed by atoms with Crippen molar-refractivity contribution < 1.29 is 19.1 Å². The fourth-order valence-corrected chi connectivity index (χ4v) is 3.52. The first-order valence-corrected chi connectivity index (χ1v) is 9.38. The molecule has 1 saturated carbocycles. The molecule has 1 aliphatic heterocycles. The molecule has 0 aromatic carbocycles. The summed E-state index contributed by atoms with van der Waals surface area (Å²) >= 11 is 0. The summed E-state index contributed by atoms with van der Waals surface area (Å²) in [5.74, 6) is 0.00762. The Kier molecular flexibility index (Phi) is 7.47. The summed E-state index contributed by atoms with van der Waals surface area (Å²) in [6, 6.07) is -0.395. The lowest BCUT2D eigenvalue weighted by atomic mass is 10.1. The fraction of sp³-hybridized carbons (Fsp3) is 0.737. The average molecular weight is 350 g/mol. The summed E-state index contributed by atoms with van der Waals surface area (Å²) in [7, 11) is 1.43. The zero-order valence-electron chi connectivity index (χ0n) is 15.1. The Morgan fingerprint density at radius 3 is 2.68 bits per heavy atom. The molecule has 0 radical (unpaired) electrons. The van der Waals surface area contributed by atoms with Gasteiger partial charge in [0, 0.05) is 13.0 Å². The Labute approximate surface area is 149 Å². The molecule has 0 aromatic heterocycles. The van der Waals surface area contributed by atoms with Crippen LogP contribution in [0.15, 0.2) is 12.2 Å². The van der Waals surface area contributed by atoms with Crippen LogP contribution >= 0.6 is 0 Å². The van der Waals surface area contributed by atoms with Crippen molar-refractivity contribution in [3.63, 3.8) is 0 Å². The van der Waals surface area contributed by atoms with E-state index in [1.54, 1.807) is 4.90 Å². The molecule has 2 amide bonds. The maximum atomic E-state index is 12.2. The summed E-state index contributed by atoms with van der Waals surface area (Å²) in [4.78, 5) is 36.4. The van der Waals surface area contributed by atoms with E-state index in [1.807, 2.05) is 0 Å². The molecule has 3 unspecified atom stereocenters. The fourth-order valence-electron chi connectivity index (χ4n) is 3.52. The molecule has 6 nitrogen and oxygen atoms in total. The second-order valence-electron chi connectivity index (χ2n) is 7.06. The van der Waals surface area contributed by atoms with Gasteiger partial charge in [0.15, 0.2) is 0 Å². The summed E-state index contributed by atoms with van der Waals surface area (Å²) in [5, 5.41) is 0. The van der Waals surface area contributed by atoms with Gasteiger partial charge in [-0.3, -0.25) is 14.4 Å². The van der Waals surface area contributed by atoms with Crippen LogP contribution in [0.2, 0.25) is 0 Å². The number of likely N-dealkylation sites (tertiary alicyclic amines) is 1. The van der Waals surface area contributed by atoms with Crippen LogP contribution < -0.4 is 5.73 Å². The third kappa shape index (κ3) is 5.87. The monoisotopic (exact) mass is 350 g/mol. The van der Waals surface area contributed by atoms with E-state index >= 15 is 0 Å². The molecule has 1 aliphatic carbocycles. The molecule has 3 atom stereocenters. The molecule has 25 heavy (non-hydrogen) atoms. The summed E-state index contributed by atoms with van der Waals surface area (Å²) in [6.45, 7) is 0.658. The molecule has 2 N–H and O–H groups in total. The number of carbonyl (C=O) groups excluding carboxylic acids is 3. The van der Waals surface area contributed by atoms with Crippen LogP contribution in [0.5, 0.6) is 0 Å². The molecule has 2 fully saturated rings. The topological polar surface area (TPSA) is 89.7 Å². The van der Waals surface area contributed by atoms with E-state index in [9.17, 15) is 14.4 Å². The van der Waals surface area contributed by atoms with Crippen molar-refractivity contribution in [3.8, 4) is 0 Å². The number of methoxy groups -OCH3 is 1. The molecule has 0 bridgehead atoms. The lowest BCUT2D eigenvalue weighted by molar-refractivity contribution is -0.142. The first kappa shape index (κ1) is 19.5. The van der Waals surface area contributed by atoms with Crippen LogP contribution in [0.4, 0.5) is 0 Å². The van der Waals surface area contributed by atoms with Gasteiger partial charge in [-0.05, 0) is 44.4 Å². The molecule has 0 spiro atoms. The van der Waals surface area contributed by atoms with E-state index in [0.717, 1.165) is 44.9 Å². The van der Waals surface area contributed by atoms with Gasteiger partial charge in [0.2, 0.25) is 11.8 Å². The van der Waals surface area contributed by atoms with Crippen molar-refractivity contribution >= 4 is 17.8 Å². The second-order valence-corrected chi connectivity index (χ2v) is 7.06. The van der Waals surface area contributed by atoms with Gasteiger partial charge in [-0.25, -0.2) is 0 Å². The van der Waals surface area contributed by atoms with Crippen LogP contribution in [0.3, 0.4) is 0 Å². The number of allylic oxidation sites excluding steroid dienone is 2. The Morgan fingerprint density at radius 2 is 1.96 bits per heavy atom. The number of esters is 1. The lowest BCUT2D eigenvalue weighted by Crippen LogP contribution is -2.43. The standard InChI is InChI=1S/C19H30N2O4/c1-25-19(24)15-13-14(15)9-6-4-2-3-5-7-11-17(22)21-12-8-10-16(21)18(20)23/h6,9,14-16H,2-5,7-8,10-13H2,1H3,(H2,20,23)/b9-6-. The number of hydrogen-bond acceptors (Lipinski definition) is 4. The maximum Gasteiger partial charge on any atom is 0.309 e. The van der Waals surface area contributed by atoms with Crippen LogP contribution in [0.25, 0.3) is 0 Å². The van der Waals surface area contributed by atoms with Gasteiger partial charge in [0.25, 0.3) is 0 Å². The smallest absolute Gasteiger partial charge is 0.309 e. The van der Waals surface area contributed by atoms with Crippen molar-refractivity contribution in [2.75, 3.05) is 13.7 Å². The highest BCUT2D eigenvalue weighted by Gasteiger charge is 2.41. The molecule has 2 aliphatic rings. The van der Waals surface area contributed by atoms with Crippen molar-refractivity contribution in [3.05, 3.63) is 12.2 Å². The van der Waals surface area contributed by atoms with Crippen LogP contribution in [0.1, 0.15) is 57.8 Å². The first-order valence-electron chi connectivity index (χ1n) is 9.38. The minimum absolute atomic E-state index is 0.0591. The maximum absolute atomic E-state index is 12.2.